The number of carbonyl (C=O) groups excluding carboxylic acids is 1. The summed E-state index contributed by atoms with van der Waals surface area (Å²) in [5.74, 6) is 0.343. The number of nitrogens with zero attached hydrogens (tertiary/aromatic N) is 1. The normalized spacial score (nSPS) is 13.8. The van der Waals surface area contributed by atoms with Crippen molar-refractivity contribution in [2.75, 3.05) is 18.4 Å². The molecule has 0 unspecified atom stereocenters. The second kappa shape index (κ2) is 6.36. The van der Waals surface area contributed by atoms with E-state index >= 15 is 0 Å². The highest BCUT2D eigenvalue weighted by atomic mass is 16.6. The molecule has 2 rings (SSSR count). The maximum Gasteiger partial charge on any atom is 0.282 e. The number of anilines is 1. The van der Waals surface area contributed by atoms with Crippen LogP contribution in [0.2, 0.25) is 0 Å². The number of hydrogen-bond acceptors (Lipinski definition) is 4. The predicted octanol–water partition coefficient (Wildman–Crippen LogP) is 2.56. The van der Waals surface area contributed by atoms with Crippen LogP contribution in [-0.2, 0) is 0 Å². The summed E-state index contributed by atoms with van der Waals surface area (Å²) in [6.45, 7) is 3.20. The quantitative estimate of drug-likeness (QED) is 0.592. The van der Waals surface area contributed by atoms with Gasteiger partial charge < -0.3 is 10.6 Å². The summed E-state index contributed by atoms with van der Waals surface area (Å²) in [7, 11) is 0. The number of benzene rings is 1. The van der Waals surface area contributed by atoms with Crippen LogP contribution in [0.3, 0.4) is 0 Å². The molecule has 0 heterocycles. The van der Waals surface area contributed by atoms with Gasteiger partial charge in [-0.2, -0.15) is 0 Å². The summed E-state index contributed by atoms with van der Waals surface area (Å²) in [6.07, 6.45) is 3.41. The molecule has 0 aromatic heterocycles. The molecule has 1 amide bonds. The fourth-order valence-electron chi connectivity index (χ4n) is 2.08. The molecule has 0 bridgehead atoms. The Labute approximate surface area is 117 Å². The van der Waals surface area contributed by atoms with E-state index in [1.807, 2.05) is 6.92 Å². The lowest BCUT2D eigenvalue weighted by molar-refractivity contribution is -0.385. The van der Waals surface area contributed by atoms with Gasteiger partial charge in [0.25, 0.3) is 11.6 Å². The Bertz CT molecular complexity index is 512. The number of amides is 1. The maximum atomic E-state index is 12.1. The summed E-state index contributed by atoms with van der Waals surface area (Å²) in [5.41, 5.74) is 0.672. The highest BCUT2D eigenvalue weighted by Gasteiger charge is 2.23. The molecule has 0 atom stereocenters. The molecule has 2 N–H and O–H groups in total. The van der Waals surface area contributed by atoms with E-state index in [9.17, 15) is 14.9 Å². The van der Waals surface area contributed by atoms with Crippen LogP contribution in [0, 0.1) is 16.0 Å². The molecule has 1 aliphatic rings. The first-order valence-electron chi connectivity index (χ1n) is 6.92. The number of carbonyl (C=O) groups is 1. The molecule has 0 radical (unpaired) electrons. The predicted molar refractivity (Wildman–Crippen MR) is 76.9 cm³/mol. The SMILES string of the molecule is CCNc1ccc([N+](=O)[O-])c(C(=O)NCCC2CC2)c1. The molecule has 0 aliphatic heterocycles. The smallest absolute Gasteiger partial charge is 0.282 e. The topological polar surface area (TPSA) is 84.3 Å². The standard InChI is InChI=1S/C14H19N3O3/c1-2-15-11-5-6-13(17(19)20)12(9-11)14(18)16-8-7-10-3-4-10/h5-6,9-10,15H,2-4,7-8H2,1H3,(H,16,18). The first-order chi connectivity index (χ1) is 9.61. The molecule has 1 fully saturated rings. The second-order valence-corrected chi connectivity index (χ2v) is 5.01. The summed E-state index contributed by atoms with van der Waals surface area (Å²) in [5, 5.41) is 16.8. The average molecular weight is 277 g/mol. The summed E-state index contributed by atoms with van der Waals surface area (Å²) >= 11 is 0. The van der Waals surface area contributed by atoms with Gasteiger partial charge in [0.05, 0.1) is 4.92 Å². The van der Waals surface area contributed by atoms with E-state index in [2.05, 4.69) is 10.6 Å². The van der Waals surface area contributed by atoms with Gasteiger partial charge in [-0.3, -0.25) is 14.9 Å². The zero-order chi connectivity index (χ0) is 14.5. The summed E-state index contributed by atoms with van der Waals surface area (Å²) in [4.78, 5) is 22.6. The summed E-state index contributed by atoms with van der Waals surface area (Å²) < 4.78 is 0. The fourth-order valence-corrected chi connectivity index (χ4v) is 2.08. The van der Waals surface area contributed by atoms with E-state index in [1.165, 1.54) is 25.0 Å². The van der Waals surface area contributed by atoms with Crippen molar-refractivity contribution in [3.63, 3.8) is 0 Å². The van der Waals surface area contributed by atoms with Crippen LogP contribution in [0.4, 0.5) is 11.4 Å². The van der Waals surface area contributed by atoms with Crippen molar-refractivity contribution in [2.24, 2.45) is 5.92 Å². The third kappa shape index (κ3) is 3.69. The monoisotopic (exact) mass is 277 g/mol. The number of nitrogens with one attached hydrogen (secondary N) is 2. The molecule has 1 aromatic rings. The zero-order valence-corrected chi connectivity index (χ0v) is 11.5. The molecular formula is C14H19N3O3. The molecular weight excluding hydrogens is 258 g/mol. The Morgan fingerprint density at radius 1 is 1.45 bits per heavy atom. The Kier molecular flexibility index (Phi) is 4.55. The maximum absolute atomic E-state index is 12.1. The Balaban J connectivity index is 2.10. The van der Waals surface area contributed by atoms with E-state index < -0.39 is 4.92 Å². The number of nitro groups is 1. The molecule has 0 saturated heterocycles. The van der Waals surface area contributed by atoms with Crippen molar-refractivity contribution in [2.45, 2.75) is 26.2 Å². The van der Waals surface area contributed by atoms with Crippen LogP contribution in [-0.4, -0.2) is 23.9 Å². The van der Waals surface area contributed by atoms with Crippen molar-refractivity contribution < 1.29 is 9.72 Å². The van der Waals surface area contributed by atoms with Crippen LogP contribution in [0.1, 0.15) is 36.5 Å². The lowest BCUT2D eigenvalue weighted by Gasteiger charge is -2.08. The van der Waals surface area contributed by atoms with Gasteiger partial charge in [-0.25, -0.2) is 0 Å². The van der Waals surface area contributed by atoms with Gasteiger partial charge in [0.1, 0.15) is 5.56 Å². The van der Waals surface area contributed by atoms with Crippen LogP contribution in [0.15, 0.2) is 18.2 Å². The van der Waals surface area contributed by atoms with Crippen molar-refractivity contribution >= 4 is 17.3 Å². The number of hydrogen-bond donors (Lipinski definition) is 2. The van der Waals surface area contributed by atoms with E-state index in [4.69, 9.17) is 0 Å². The van der Waals surface area contributed by atoms with E-state index in [0.29, 0.717) is 18.8 Å². The molecule has 6 heteroatoms. The second-order valence-electron chi connectivity index (χ2n) is 5.01. The van der Waals surface area contributed by atoms with Gasteiger partial charge in [-0.15, -0.1) is 0 Å². The van der Waals surface area contributed by atoms with Crippen LogP contribution in [0.5, 0.6) is 0 Å². The molecule has 108 valence electrons. The van der Waals surface area contributed by atoms with E-state index in [-0.39, 0.29) is 17.2 Å². The van der Waals surface area contributed by atoms with Crippen LogP contribution < -0.4 is 10.6 Å². The van der Waals surface area contributed by atoms with Crippen molar-refractivity contribution in [3.05, 3.63) is 33.9 Å². The van der Waals surface area contributed by atoms with Crippen LogP contribution >= 0.6 is 0 Å². The highest BCUT2D eigenvalue weighted by Crippen LogP contribution is 2.31. The van der Waals surface area contributed by atoms with Gasteiger partial charge >= 0.3 is 0 Å². The van der Waals surface area contributed by atoms with Gasteiger partial charge in [0, 0.05) is 24.8 Å². The van der Waals surface area contributed by atoms with Gasteiger partial charge in [0.15, 0.2) is 0 Å². The lowest BCUT2D eigenvalue weighted by atomic mass is 10.1. The first kappa shape index (κ1) is 14.3. The minimum atomic E-state index is -0.522. The van der Waals surface area contributed by atoms with Crippen LogP contribution in [0.25, 0.3) is 0 Å². The Morgan fingerprint density at radius 2 is 2.20 bits per heavy atom. The van der Waals surface area contributed by atoms with Gasteiger partial charge in [-0.05, 0) is 31.4 Å². The molecule has 1 aromatic carbocycles. The van der Waals surface area contributed by atoms with E-state index in [1.54, 1.807) is 6.07 Å². The minimum absolute atomic E-state index is 0.115. The number of rotatable bonds is 7. The van der Waals surface area contributed by atoms with Crippen molar-refractivity contribution in [1.82, 2.24) is 5.32 Å². The number of nitro benzene ring substituents is 1. The molecule has 1 saturated carbocycles. The third-order valence-corrected chi connectivity index (χ3v) is 3.35. The average Bonchev–Trinajstić information content (AvgIpc) is 3.23. The van der Waals surface area contributed by atoms with Gasteiger partial charge in [0.2, 0.25) is 0 Å². The van der Waals surface area contributed by atoms with Gasteiger partial charge in [-0.1, -0.05) is 12.8 Å². The third-order valence-electron chi connectivity index (χ3n) is 3.35. The molecule has 1 aliphatic carbocycles. The molecule has 20 heavy (non-hydrogen) atoms. The minimum Gasteiger partial charge on any atom is -0.385 e. The van der Waals surface area contributed by atoms with E-state index in [0.717, 1.165) is 12.3 Å². The lowest BCUT2D eigenvalue weighted by Crippen LogP contribution is -2.25. The van der Waals surface area contributed by atoms with Crippen molar-refractivity contribution in [3.8, 4) is 0 Å². The fraction of sp³-hybridized carbons (Fsp3) is 0.500. The Morgan fingerprint density at radius 3 is 2.80 bits per heavy atom. The van der Waals surface area contributed by atoms with Crippen molar-refractivity contribution in [1.29, 1.82) is 0 Å². The zero-order valence-electron chi connectivity index (χ0n) is 11.5. The molecule has 0 spiro atoms. The summed E-state index contributed by atoms with van der Waals surface area (Å²) in [6, 6.07) is 4.52. The molecule has 6 nitrogen and oxygen atoms in total. The highest BCUT2D eigenvalue weighted by molar-refractivity contribution is 5.99. The first-order valence-corrected chi connectivity index (χ1v) is 6.92. The largest absolute Gasteiger partial charge is 0.385 e. The Hall–Kier alpha value is -2.11.